The lowest BCUT2D eigenvalue weighted by Gasteiger charge is -2.13. The average Bonchev–Trinajstić information content (AvgIpc) is 2.42. The molecule has 0 fully saturated rings. The van der Waals surface area contributed by atoms with E-state index in [0.717, 1.165) is 23.5 Å². The van der Waals surface area contributed by atoms with Gasteiger partial charge in [0.05, 0.1) is 7.11 Å². The Morgan fingerprint density at radius 2 is 1.90 bits per heavy atom. The zero-order valence-corrected chi connectivity index (χ0v) is 12.4. The van der Waals surface area contributed by atoms with Crippen LogP contribution in [-0.4, -0.2) is 13.2 Å². The van der Waals surface area contributed by atoms with Gasteiger partial charge in [0, 0.05) is 17.1 Å². The lowest BCUT2D eigenvalue weighted by molar-refractivity contribution is 0.408. The summed E-state index contributed by atoms with van der Waals surface area (Å²) in [5.74, 6) is 2.18. The van der Waals surface area contributed by atoms with E-state index >= 15 is 0 Å². The maximum atomic E-state index is 6.04. The maximum Gasteiger partial charge on any atom is 0.132 e. The minimum absolute atomic E-state index is 0.0591. The molecule has 4 heteroatoms. The first-order valence-corrected chi connectivity index (χ1v) is 6.82. The molecule has 3 nitrogen and oxygen atoms in total. The third kappa shape index (κ3) is 3.89. The summed E-state index contributed by atoms with van der Waals surface area (Å²) in [7, 11) is 1.63. The molecule has 0 radical (unpaired) electrons. The first-order valence-electron chi connectivity index (χ1n) is 6.44. The summed E-state index contributed by atoms with van der Waals surface area (Å²) in [6.07, 6.45) is 0.733. The van der Waals surface area contributed by atoms with Crippen molar-refractivity contribution in [2.45, 2.75) is 19.4 Å². The van der Waals surface area contributed by atoms with Crippen molar-refractivity contribution in [2.24, 2.45) is 5.73 Å². The van der Waals surface area contributed by atoms with Crippen LogP contribution >= 0.6 is 11.6 Å². The molecular weight excluding hydrogens is 274 g/mol. The molecule has 0 saturated carbocycles. The van der Waals surface area contributed by atoms with Crippen molar-refractivity contribution in [3.05, 3.63) is 53.1 Å². The van der Waals surface area contributed by atoms with E-state index in [9.17, 15) is 0 Å². The molecule has 0 aliphatic heterocycles. The van der Waals surface area contributed by atoms with Gasteiger partial charge in [-0.3, -0.25) is 0 Å². The molecule has 2 rings (SSSR count). The van der Waals surface area contributed by atoms with Crippen LogP contribution in [0.1, 0.15) is 12.5 Å². The zero-order valence-electron chi connectivity index (χ0n) is 11.6. The van der Waals surface area contributed by atoms with Crippen LogP contribution in [0.3, 0.4) is 0 Å². The largest absolute Gasteiger partial charge is 0.497 e. The summed E-state index contributed by atoms with van der Waals surface area (Å²) in [4.78, 5) is 0. The van der Waals surface area contributed by atoms with Crippen LogP contribution in [0.2, 0.25) is 5.02 Å². The number of hydrogen-bond donors (Lipinski definition) is 1. The van der Waals surface area contributed by atoms with E-state index in [4.69, 9.17) is 26.8 Å². The standard InChI is InChI=1S/C16H18ClNO2/c1-11(18)8-12-6-7-13(17)9-16(12)20-15-5-3-4-14(10-15)19-2/h3-7,9-11H,8,18H2,1-2H3. The van der Waals surface area contributed by atoms with Crippen molar-refractivity contribution in [1.82, 2.24) is 0 Å². The second kappa shape index (κ2) is 6.64. The summed E-state index contributed by atoms with van der Waals surface area (Å²) in [5.41, 5.74) is 6.90. The highest BCUT2D eigenvalue weighted by Crippen LogP contribution is 2.30. The van der Waals surface area contributed by atoms with Gasteiger partial charge in [0.15, 0.2) is 0 Å². The molecular formula is C16H18ClNO2. The maximum absolute atomic E-state index is 6.04. The number of benzene rings is 2. The van der Waals surface area contributed by atoms with Crippen LogP contribution in [-0.2, 0) is 6.42 Å². The molecule has 0 aromatic heterocycles. The van der Waals surface area contributed by atoms with E-state index in [1.807, 2.05) is 43.3 Å². The lowest BCUT2D eigenvalue weighted by Crippen LogP contribution is -2.18. The number of rotatable bonds is 5. The van der Waals surface area contributed by atoms with Gasteiger partial charge in [-0.25, -0.2) is 0 Å². The fourth-order valence-electron chi connectivity index (χ4n) is 1.93. The average molecular weight is 292 g/mol. The summed E-state index contributed by atoms with van der Waals surface area (Å²) < 4.78 is 11.1. The number of ether oxygens (including phenoxy) is 2. The number of hydrogen-bond acceptors (Lipinski definition) is 3. The molecule has 1 unspecified atom stereocenters. The minimum Gasteiger partial charge on any atom is -0.497 e. The Hall–Kier alpha value is -1.71. The summed E-state index contributed by atoms with van der Waals surface area (Å²) in [6, 6.07) is 13.1. The smallest absolute Gasteiger partial charge is 0.132 e. The Bertz CT molecular complexity index is 584. The van der Waals surface area contributed by atoms with E-state index in [1.165, 1.54) is 0 Å². The van der Waals surface area contributed by atoms with Crippen molar-refractivity contribution in [3.8, 4) is 17.2 Å². The molecule has 2 aromatic rings. The predicted octanol–water partition coefficient (Wildman–Crippen LogP) is 4.03. The highest BCUT2D eigenvalue weighted by atomic mass is 35.5. The van der Waals surface area contributed by atoms with Crippen LogP contribution < -0.4 is 15.2 Å². The van der Waals surface area contributed by atoms with Gasteiger partial charge in [-0.2, -0.15) is 0 Å². The lowest BCUT2D eigenvalue weighted by atomic mass is 10.1. The first kappa shape index (κ1) is 14.7. The Morgan fingerprint density at radius 3 is 2.60 bits per heavy atom. The second-order valence-corrected chi connectivity index (χ2v) is 5.15. The van der Waals surface area contributed by atoms with Gasteiger partial charge in [0.2, 0.25) is 0 Å². The third-order valence-electron chi connectivity index (χ3n) is 2.84. The monoisotopic (exact) mass is 291 g/mol. The van der Waals surface area contributed by atoms with E-state index < -0.39 is 0 Å². The van der Waals surface area contributed by atoms with Gasteiger partial charge in [0.1, 0.15) is 17.2 Å². The Balaban J connectivity index is 2.28. The molecule has 0 bridgehead atoms. The molecule has 2 N–H and O–H groups in total. The van der Waals surface area contributed by atoms with E-state index in [1.54, 1.807) is 13.2 Å². The fraction of sp³-hybridized carbons (Fsp3) is 0.250. The Morgan fingerprint density at radius 1 is 1.15 bits per heavy atom. The summed E-state index contributed by atoms with van der Waals surface area (Å²) >= 11 is 6.04. The van der Waals surface area contributed by atoms with Crippen LogP contribution in [0.15, 0.2) is 42.5 Å². The van der Waals surface area contributed by atoms with Crippen LogP contribution in [0.25, 0.3) is 0 Å². The zero-order chi connectivity index (χ0) is 14.5. The first-order chi connectivity index (χ1) is 9.58. The minimum atomic E-state index is 0.0591. The second-order valence-electron chi connectivity index (χ2n) is 4.71. The fourth-order valence-corrected chi connectivity index (χ4v) is 2.09. The molecule has 106 valence electrons. The summed E-state index contributed by atoms with van der Waals surface area (Å²) in [5, 5.41) is 0.635. The van der Waals surface area contributed by atoms with Gasteiger partial charge in [-0.15, -0.1) is 0 Å². The van der Waals surface area contributed by atoms with Crippen molar-refractivity contribution >= 4 is 11.6 Å². The van der Waals surface area contributed by atoms with Crippen molar-refractivity contribution in [1.29, 1.82) is 0 Å². The SMILES string of the molecule is COc1cccc(Oc2cc(Cl)ccc2CC(C)N)c1. The topological polar surface area (TPSA) is 44.5 Å². The highest BCUT2D eigenvalue weighted by Gasteiger charge is 2.09. The van der Waals surface area contributed by atoms with E-state index in [2.05, 4.69) is 0 Å². The predicted molar refractivity (Wildman–Crippen MR) is 81.9 cm³/mol. The number of halogens is 1. The molecule has 1 atom stereocenters. The number of methoxy groups -OCH3 is 1. The van der Waals surface area contributed by atoms with E-state index in [0.29, 0.717) is 10.8 Å². The molecule has 20 heavy (non-hydrogen) atoms. The summed E-state index contributed by atoms with van der Waals surface area (Å²) in [6.45, 7) is 1.96. The quantitative estimate of drug-likeness (QED) is 0.904. The normalized spacial score (nSPS) is 12.0. The number of nitrogens with two attached hydrogens (primary N) is 1. The van der Waals surface area contributed by atoms with Gasteiger partial charge < -0.3 is 15.2 Å². The molecule has 0 saturated heterocycles. The van der Waals surface area contributed by atoms with Crippen molar-refractivity contribution < 1.29 is 9.47 Å². The molecule has 0 heterocycles. The van der Waals surface area contributed by atoms with Gasteiger partial charge in [0.25, 0.3) is 0 Å². The third-order valence-corrected chi connectivity index (χ3v) is 3.08. The molecule has 2 aromatic carbocycles. The molecule has 0 aliphatic rings. The van der Waals surface area contributed by atoms with Gasteiger partial charge in [-0.1, -0.05) is 23.7 Å². The highest BCUT2D eigenvalue weighted by molar-refractivity contribution is 6.30. The van der Waals surface area contributed by atoms with Crippen LogP contribution in [0, 0.1) is 0 Å². The van der Waals surface area contributed by atoms with Crippen molar-refractivity contribution in [2.75, 3.05) is 7.11 Å². The molecule has 0 amide bonds. The Labute approximate surface area is 124 Å². The van der Waals surface area contributed by atoms with Crippen molar-refractivity contribution in [3.63, 3.8) is 0 Å². The van der Waals surface area contributed by atoms with Gasteiger partial charge in [-0.05, 0) is 43.2 Å². The van der Waals surface area contributed by atoms with Crippen LogP contribution in [0.4, 0.5) is 0 Å². The van der Waals surface area contributed by atoms with Crippen LogP contribution in [0.5, 0.6) is 17.2 Å². The molecule has 0 aliphatic carbocycles. The Kier molecular flexibility index (Phi) is 4.88. The van der Waals surface area contributed by atoms with Gasteiger partial charge >= 0.3 is 0 Å². The van der Waals surface area contributed by atoms with E-state index in [-0.39, 0.29) is 6.04 Å². The molecule has 0 spiro atoms.